The minimum absolute atomic E-state index is 0.139. The second-order valence-electron chi connectivity index (χ2n) is 9.40. The number of carbonyl (C=O) groups is 2. The molecule has 2 atom stereocenters. The van der Waals surface area contributed by atoms with E-state index in [4.69, 9.17) is 16.3 Å². The van der Waals surface area contributed by atoms with Crippen LogP contribution in [0.2, 0.25) is 5.02 Å². The average molecular weight is 535 g/mol. The molecule has 36 heavy (non-hydrogen) atoms. The molecule has 2 amide bonds. The van der Waals surface area contributed by atoms with Crippen LogP contribution < -0.4 is 15.4 Å². The van der Waals surface area contributed by atoms with Gasteiger partial charge in [0.25, 0.3) is 5.91 Å². The third kappa shape index (κ3) is 4.20. The number of hydrogen-bond acceptors (Lipinski definition) is 7. The molecule has 0 radical (unpaired) electrons. The number of anilines is 1. The van der Waals surface area contributed by atoms with Crippen LogP contribution >= 0.6 is 11.6 Å². The van der Waals surface area contributed by atoms with E-state index in [0.29, 0.717) is 34.0 Å². The Morgan fingerprint density at radius 1 is 1.22 bits per heavy atom. The molecule has 1 aromatic carbocycles. The van der Waals surface area contributed by atoms with Crippen LogP contribution in [0.1, 0.15) is 55.7 Å². The number of aromatic nitrogens is 1. The number of carbonyl (C=O) groups excluding carboxylic acids is 1. The Labute approximate surface area is 214 Å². The van der Waals surface area contributed by atoms with E-state index in [0.717, 1.165) is 0 Å². The smallest absolute Gasteiger partial charge is 0.410 e. The van der Waals surface area contributed by atoms with E-state index in [9.17, 15) is 23.1 Å². The molecule has 192 valence electrons. The summed E-state index contributed by atoms with van der Waals surface area (Å²) in [6, 6.07) is 6.58. The first-order chi connectivity index (χ1) is 16.8. The van der Waals surface area contributed by atoms with Gasteiger partial charge in [0.05, 0.1) is 16.9 Å². The predicted molar refractivity (Wildman–Crippen MR) is 136 cm³/mol. The zero-order chi connectivity index (χ0) is 26.5. The first kappa shape index (κ1) is 25.9. The molecule has 12 heteroatoms. The van der Waals surface area contributed by atoms with Gasteiger partial charge in [-0.15, -0.1) is 0 Å². The van der Waals surface area contributed by atoms with Gasteiger partial charge in [0.2, 0.25) is 0 Å². The van der Waals surface area contributed by atoms with Crippen molar-refractivity contribution in [3.8, 4) is 5.75 Å². The number of fused-ring (bicyclic) bond motifs is 3. The fourth-order valence-electron chi connectivity index (χ4n) is 4.73. The number of carboxylic acid groups (broad SMARTS) is 1. The van der Waals surface area contributed by atoms with E-state index < -0.39 is 37.4 Å². The molecule has 10 nitrogen and oxygen atoms in total. The minimum atomic E-state index is -3.92. The lowest BCUT2D eigenvalue weighted by Gasteiger charge is -2.44. The van der Waals surface area contributed by atoms with Crippen molar-refractivity contribution in [1.29, 1.82) is 0 Å². The molecule has 0 bridgehead atoms. The normalized spacial score (nSPS) is 23.7. The highest BCUT2D eigenvalue weighted by Gasteiger charge is 2.58. The molecule has 2 aliphatic rings. The second-order valence-corrected chi connectivity index (χ2v) is 12.5. The number of ether oxygens (including phenoxy) is 1. The van der Waals surface area contributed by atoms with Crippen molar-refractivity contribution in [3.05, 3.63) is 52.3 Å². The zero-order valence-electron chi connectivity index (χ0n) is 20.3. The number of amides is 2. The quantitative estimate of drug-likeness (QED) is 0.542. The molecule has 3 N–H and O–H groups in total. The van der Waals surface area contributed by atoms with E-state index in [1.165, 1.54) is 20.0 Å². The van der Waals surface area contributed by atoms with Gasteiger partial charge < -0.3 is 15.2 Å². The average Bonchev–Trinajstić information content (AvgIpc) is 2.94. The fourth-order valence-corrected chi connectivity index (χ4v) is 7.18. The number of amidine groups is 1. The van der Waals surface area contributed by atoms with E-state index in [-0.39, 0.29) is 24.6 Å². The van der Waals surface area contributed by atoms with Crippen LogP contribution in [0.5, 0.6) is 5.75 Å². The monoisotopic (exact) mass is 534 g/mol. The molecule has 0 spiro atoms. The van der Waals surface area contributed by atoms with Crippen molar-refractivity contribution < 1.29 is 27.9 Å². The summed E-state index contributed by atoms with van der Waals surface area (Å²) in [7, 11) is -3.92. The van der Waals surface area contributed by atoms with Gasteiger partial charge in [0.1, 0.15) is 27.6 Å². The zero-order valence-corrected chi connectivity index (χ0v) is 21.8. The van der Waals surface area contributed by atoms with E-state index in [1.54, 1.807) is 31.2 Å². The lowest BCUT2D eigenvalue weighted by atomic mass is 9.86. The number of nitrogens with one attached hydrogen (secondary N) is 2. The van der Waals surface area contributed by atoms with Crippen LogP contribution in [0.15, 0.2) is 35.5 Å². The van der Waals surface area contributed by atoms with Crippen molar-refractivity contribution >= 4 is 45.0 Å². The third-order valence-corrected chi connectivity index (χ3v) is 10.1. The lowest BCUT2D eigenvalue weighted by Crippen LogP contribution is -2.61. The molecule has 1 aromatic heterocycles. The van der Waals surface area contributed by atoms with Crippen LogP contribution in [0, 0.1) is 0 Å². The standard InChI is InChI=1S/C24H27ClN4O6S/c1-5-13-10-14(25)12-26-19(13)20(30)27-15-6-7-17-16(11-15)24(4)18(8-9-35-17)36(33,34)23(2,3)21(29-24)28-22(31)32/h6-7,10-12,18H,5,8-9H2,1-4H3,(H,27,30)(H,28,29)(H,31,32)/t18-,24-/m1/s1. The predicted octanol–water partition coefficient (Wildman–Crippen LogP) is 3.79. The number of aryl methyl sites for hydroxylation is 1. The lowest BCUT2D eigenvalue weighted by molar-refractivity contribution is 0.102. The number of pyridine rings is 1. The molecule has 0 unspecified atom stereocenters. The maximum Gasteiger partial charge on any atom is 0.410 e. The number of halogens is 1. The molecule has 0 saturated carbocycles. The van der Waals surface area contributed by atoms with Crippen LogP contribution in [-0.4, -0.2) is 52.9 Å². The summed E-state index contributed by atoms with van der Waals surface area (Å²) in [6.45, 7) is 6.54. The Balaban J connectivity index is 1.81. The first-order valence-electron chi connectivity index (χ1n) is 11.4. The van der Waals surface area contributed by atoms with Gasteiger partial charge in [-0.25, -0.2) is 18.2 Å². The summed E-state index contributed by atoms with van der Waals surface area (Å²) in [4.78, 5) is 33.3. The number of sulfone groups is 1. The summed E-state index contributed by atoms with van der Waals surface area (Å²) in [5.41, 5.74) is 0.343. The van der Waals surface area contributed by atoms with Crippen LogP contribution in [-0.2, 0) is 21.8 Å². The molecule has 0 aliphatic carbocycles. The fraction of sp³-hybridized carbons (Fsp3) is 0.417. The van der Waals surface area contributed by atoms with Gasteiger partial charge in [-0.2, -0.15) is 0 Å². The minimum Gasteiger partial charge on any atom is -0.493 e. The molecule has 0 saturated heterocycles. The van der Waals surface area contributed by atoms with Gasteiger partial charge >= 0.3 is 6.09 Å². The molecule has 2 aromatic rings. The molecular weight excluding hydrogens is 508 g/mol. The summed E-state index contributed by atoms with van der Waals surface area (Å²) < 4.78 is 31.7. The maximum atomic E-state index is 13.7. The van der Waals surface area contributed by atoms with Crippen LogP contribution in [0.3, 0.4) is 0 Å². The highest BCUT2D eigenvalue weighted by atomic mass is 35.5. The van der Waals surface area contributed by atoms with Crippen LogP contribution in [0.4, 0.5) is 10.5 Å². The van der Waals surface area contributed by atoms with Crippen LogP contribution in [0.25, 0.3) is 0 Å². The highest BCUT2D eigenvalue weighted by Crippen LogP contribution is 2.48. The van der Waals surface area contributed by atoms with Crippen molar-refractivity contribution in [2.24, 2.45) is 4.99 Å². The van der Waals surface area contributed by atoms with Gasteiger partial charge in [-0.3, -0.25) is 15.1 Å². The molecule has 2 aliphatic heterocycles. The summed E-state index contributed by atoms with van der Waals surface area (Å²) >= 11 is 6.01. The maximum absolute atomic E-state index is 13.7. The Bertz CT molecular complexity index is 1390. The number of nitrogens with zero attached hydrogens (tertiary/aromatic N) is 2. The van der Waals surface area contributed by atoms with Crippen molar-refractivity contribution in [2.45, 2.75) is 56.1 Å². The van der Waals surface area contributed by atoms with Gasteiger partial charge in [-0.1, -0.05) is 18.5 Å². The summed E-state index contributed by atoms with van der Waals surface area (Å²) in [5.74, 6) is -0.215. The number of hydrogen-bond donors (Lipinski definition) is 3. The Morgan fingerprint density at radius 3 is 2.61 bits per heavy atom. The van der Waals surface area contributed by atoms with Crippen molar-refractivity contribution in [2.75, 3.05) is 11.9 Å². The number of benzene rings is 1. The van der Waals surface area contributed by atoms with E-state index in [1.807, 2.05) is 6.92 Å². The summed E-state index contributed by atoms with van der Waals surface area (Å²) in [5, 5.41) is 13.8. The number of aliphatic imine (C=N–C) groups is 1. The Kier molecular flexibility index (Phi) is 6.50. The van der Waals surface area contributed by atoms with Crippen molar-refractivity contribution in [1.82, 2.24) is 10.3 Å². The highest BCUT2D eigenvalue weighted by molar-refractivity contribution is 7.94. The van der Waals surface area contributed by atoms with E-state index >= 15 is 0 Å². The summed E-state index contributed by atoms with van der Waals surface area (Å²) in [6.07, 6.45) is 0.701. The molecule has 3 heterocycles. The van der Waals surface area contributed by atoms with Gasteiger partial charge in [0, 0.05) is 23.9 Å². The van der Waals surface area contributed by atoms with E-state index in [2.05, 4.69) is 20.6 Å². The first-order valence-corrected chi connectivity index (χ1v) is 13.3. The Hall–Kier alpha value is -3.18. The van der Waals surface area contributed by atoms with Gasteiger partial charge in [-0.05, 0) is 57.0 Å². The molecule has 0 fully saturated rings. The SMILES string of the molecule is CCc1cc(Cl)cnc1C(=O)Nc1ccc2c(c1)[C@@]1(C)N=C(NC(=O)O)C(C)(C)S(=O)(=O)[C@@H]1CCO2. The third-order valence-electron chi connectivity index (χ3n) is 6.80. The second kappa shape index (κ2) is 9.04. The largest absolute Gasteiger partial charge is 0.493 e. The Morgan fingerprint density at radius 2 is 1.94 bits per heavy atom. The topological polar surface area (TPSA) is 147 Å². The van der Waals surface area contributed by atoms with Gasteiger partial charge in [0.15, 0.2) is 9.84 Å². The molecule has 4 rings (SSSR count). The number of rotatable bonds is 3. The molecular formula is C24H27ClN4O6S. The van der Waals surface area contributed by atoms with Crippen molar-refractivity contribution in [3.63, 3.8) is 0 Å².